The van der Waals surface area contributed by atoms with Crippen LogP contribution in [0.15, 0.2) is 0 Å². The Hall–Kier alpha value is -0.120. The second-order valence-electron chi connectivity index (χ2n) is 6.13. The predicted molar refractivity (Wildman–Crippen MR) is 83.0 cm³/mol. The maximum atomic E-state index is 6.68. The predicted octanol–water partition coefficient (Wildman–Crippen LogP) is 3.99. The zero-order chi connectivity index (χ0) is 13.5. The van der Waals surface area contributed by atoms with E-state index in [-0.39, 0.29) is 23.1 Å². The first-order chi connectivity index (χ1) is 7.85. The molecule has 0 aromatic carbocycles. The molecule has 0 aliphatic rings. The van der Waals surface area contributed by atoms with Crippen molar-refractivity contribution in [3.05, 3.63) is 0 Å². The third-order valence-electron chi connectivity index (χ3n) is 4.14. The van der Waals surface area contributed by atoms with Crippen molar-refractivity contribution in [3.63, 3.8) is 0 Å². The smallest absolute Gasteiger partial charge is 0.0197 e. The van der Waals surface area contributed by atoms with Crippen LogP contribution in [0.25, 0.3) is 0 Å². The van der Waals surface area contributed by atoms with Gasteiger partial charge in [0.05, 0.1) is 0 Å². The summed E-state index contributed by atoms with van der Waals surface area (Å²) in [5, 5.41) is 0. The minimum Gasteiger partial charge on any atom is -0.344 e. The molecule has 2 atom stereocenters. The van der Waals surface area contributed by atoms with E-state index in [1.54, 1.807) is 0 Å². The first kappa shape index (κ1) is 20.2. The molecule has 0 saturated carbocycles. The fourth-order valence-electron chi connectivity index (χ4n) is 3.55. The third-order valence-corrected chi connectivity index (χ3v) is 4.14. The van der Waals surface area contributed by atoms with Crippen molar-refractivity contribution in [2.45, 2.75) is 91.1 Å². The van der Waals surface area contributed by atoms with Crippen molar-refractivity contribution in [3.8, 4) is 0 Å². The van der Waals surface area contributed by atoms with Crippen LogP contribution in [-0.2, 0) is 0 Å². The van der Waals surface area contributed by atoms with Crippen LogP contribution in [-0.4, -0.2) is 11.6 Å². The van der Waals surface area contributed by atoms with E-state index in [0.717, 1.165) is 6.42 Å². The molecule has 0 aromatic rings. The van der Waals surface area contributed by atoms with Gasteiger partial charge in [0.1, 0.15) is 0 Å². The zero-order valence-corrected chi connectivity index (χ0v) is 13.4. The minimum absolute atomic E-state index is 0. The quantitative estimate of drug-likeness (QED) is 0.585. The maximum Gasteiger partial charge on any atom is 0.0197 e. The summed E-state index contributed by atoms with van der Waals surface area (Å²) in [6, 6.07) is 0.190. The van der Waals surface area contributed by atoms with E-state index < -0.39 is 0 Å². The molecule has 0 rings (SSSR count). The second-order valence-corrected chi connectivity index (χ2v) is 6.13. The Morgan fingerprint density at radius 2 is 1.28 bits per heavy atom. The molecule has 0 aromatic heterocycles. The molecule has 7 N–H and O–H groups in total. The van der Waals surface area contributed by atoms with Gasteiger partial charge in [-0.25, -0.2) is 0 Å². The summed E-state index contributed by atoms with van der Waals surface area (Å²) >= 11 is 0. The fourth-order valence-corrected chi connectivity index (χ4v) is 3.55. The minimum atomic E-state index is -0.136. The van der Waals surface area contributed by atoms with Crippen molar-refractivity contribution >= 4 is 0 Å². The number of nitrogens with two attached hydrogens (primary N) is 2. The van der Waals surface area contributed by atoms with Crippen LogP contribution in [0.1, 0.15) is 79.6 Å². The lowest BCUT2D eigenvalue weighted by Gasteiger charge is -2.48. The zero-order valence-electron chi connectivity index (χ0n) is 13.4. The molecule has 3 nitrogen and oxygen atoms in total. The summed E-state index contributed by atoms with van der Waals surface area (Å²) in [5.74, 6) is 0. The normalized spacial score (nSPS) is 16.8. The Bertz CT molecular complexity index is 183. The maximum absolute atomic E-state index is 6.68. The average Bonchev–Trinajstić information content (AvgIpc) is 2.16. The number of rotatable bonds is 9. The van der Waals surface area contributed by atoms with Crippen LogP contribution in [0.2, 0.25) is 0 Å². The summed E-state index contributed by atoms with van der Waals surface area (Å²) in [6.07, 6.45) is 8.26. The molecule has 0 bridgehead atoms. The van der Waals surface area contributed by atoms with Gasteiger partial charge in [0.2, 0.25) is 0 Å². The molecule has 18 heavy (non-hydrogen) atoms. The highest BCUT2D eigenvalue weighted by Crippen LogP contribution is 2.45. The molecular formula is C15H37N3. The molecule has 0 spiro atoms. The standard InChI is InChI=1S/C15H34N2.H3N/c1-6-9-15(10-7-2,11-8-3)14(5,17)12-13(4)16;/h13H,6-12,16-17H2,1-5H3;1H3. The SMILES string of the molecule is CCCC(CCC)(CCC)C(C)(N)CC(C)N.N. The van der Waals surface area contributed by atoms with Crippen LogP contribution in [0.3, 0.4) is 0 Å². The highest BCUT2D eigenvalue weighted by molar-refractivity contribution is 5.00. The summed E-state index contributed by atoms with van der Waals surface area (Å²) in [5.41, 5.74) is 12.8. The summed E-state index contributed by atoms with van der Waals surface area (Å²) in [4.78, 5) is 0. The Kier molecular flexibility index (Phi) is 9.98. The van der Waals surface area contributed by atoms with E-state index in [0.29, 0.717) is 0 Å². The third kappa shape index (κ3) is 5.25. The molecule has 3 heteroatoms. The molecule has 112 valence electrons. The second kappa shape index (κ2) is 8.89. The molecule has 0 heterocycles. The highest BCUT2D eigenvalue weighted by Gasteiger charge is 2.43. The van der Waals surface area contributed by atoms with Crippen LogP contribution >= 0.6 is 0 Å². The van der Waals surface area contributed by atoms with Crippen molar-refractivity contribution in [2.24, 2.45) is 16.9 Å². The van der Waals surface area contributed by atoms with Crippen LogP contribution < -0.4 is 17.6 Å². The van der Waals surface area contributed by atoms with Gasteiger partial charge in [-0.3, -0.25) is 0 Å². The Morgan fingerprint density at radius 1 is 0.944 bits per heavy atom. The molecular weight excluding hydrogens is 222 g/mol. The van der Waals surface area contributed by atoms with Gasteiger partial charge >= 0.3 is 0 Å². The van der Waals surface area contributed by atoms with E-state index >= 15 is 0 Å². The van der Waals surface area contributed by atoms with Gasteiger partial charge in [-0.05, 0) is 44.9 Å². The number of hydrogen-bond donors (Lipinski definition) is 3. The first-order valence-corrected chi connectivity index (χ1v) is 7.39. The Morgan fingerprint density at radius 3 is 1.50 bits per heavy atom. The van der Waals surface area contributed by atoms with Gasteiger partial charge in [-0.15, -0.1) is 0 Å². The van der Waals surface area contributed by atoms with Crippen molar-refractivity contribution in [1.29, 1.82) is 0 Å². The van der Waals surface area contributed by atoms with Crippen LogP contribution in [0.4, 0.5) is 0 Å². The lowest BCUT2D eigenvalue weighted by Crippen LogP contribution is -2.55. The van der Waals surface area contributed by atoms with E-state index in [4.69, 9.17) is 11.5 Å². The summed E-state index contributed by atoms with van der Waals surface area (Å²) < 4.78 is 0. The fraction of sp³-hybridized carbons (Fsp3) is 1.00. The van der Waals surface area contributed by atoms with Gasteiger partial charge in [-0.2, -0.15) is 0 Å². The van der Waals surface area contributed by atoms with Crippen LogP contribution in [0, 0.1) is 5.41 Å². The van der Waals surface area contributed by atoms with Gasteiger partial charge in [0.15, 0.2) is 0 Å². The Labute approximate surface area is 115 Å². The molecule has 0 saturated heterocycles. The highest BCUT2D eigenvalue weighted by atomic mass is 14.8. The monoisotopic (exact) mass is 259 g/mol. The molecule has 0 amide bonds. The lowest BCUT2D eigenvalue weighted by atomic mass is 9.61. The van der Waals surface area contributed by atoms with Gasteiger partial charge < -0.3 is 17.6 Å². The van der Waals surface area contributed by atoms with Gasteiger partial charge in [-0.1, -0.05) is 40.0 Å². The van der Waals surface area contributed by atoms with E-state index in [2.05, 4.69) is 34.6 Å². The molecule has 2 unspecified atom stereocenters. The molecule has 0 aliphatic carbocycles. The molecule has 0 aliphatic heterocycles. The van der Waals surface area contributed by atoms with Gasteiger partial charge in [0, 0.05) is 11.6 Å². The summed E-state index contributed by atoms with van der Waals surface area (Å²) in [7, 11) is 0. The van der Waals surface area contributed by atoms with E-state index in [9.17, 15) is 0 Å². The lowest BCUT2D eigenvalue weighted by molar-refractivity contribution is 0.0784. The topological polar surface area (TPSA) is 87.0 Å². The van der Waals surface area contributed by atoms with Crippen molar-refractivity contribution in [2.75, 3.05) is 0 Å². The Balaban J connectivity index is 0. The van der Waals surface area contributed by atoms with E-state index in [1.807, 2.05) is 0 Å². The van der Waals surface area contributed by atoms with Crippen molar-refractivity contribution in [1.82, 2.24) is 6.15 Å². The van der Waals surface area contributed by atoms with E-state index in [1.165, 1.54) is 38.5 Å². The van der Waals surface area contributed by atoms with Gasteiger partial charge in [0.25, 0.3) is 0 Å². The van der Waals surface area contributed by atoms with Crippen molar-refractivity contribution < 1.29 is 0 Å². The molecule has 0 radical (unpaired) electrons. The number of hydrogen-bond acceptors (Lipinski definition) is 3. The average molecular weight is 259 g/mol. The molecule has 0 fully saturated rings. The first-order valence-electron chi connectivity index (χ1n) is 7.39. The largest absolute Gasteiger partial charge is 0.344 e. The summed E-state index contributed by atoms with van der Waals surface area (Å²) in [6.45, 7) is 11.1. The van der Waals surface area contributed by atoms with Crippen LogP contribution in [0.5, 0.6) is 0 Å².